The number of nitrogens with one attached hydrogen (secondary N) is 1. The van der Waals surface area contributed by atoms with Gasteiger partial charge in [0.15, 0.2) is 0 Å². The molecule has 0 saturated carbocycles. The largest absolute Gasteiger partial charge is 1.00 e. The minimum Gasteiger partial charge on any atom is -1.00 e. The van der Waals surface area contributed by atoms with Crippen molar-refractivity contribution in [1.29, 1.82) is 0 Å². The van der Waals surface area contributed by atoms with Crippen LogP contribution in [0.4, 0.5) is 11.7 Å². The molecule has 1 N–H and O–H groups in total. The third-order valence-corrected chi connectivity index (χ3v) is 3.01. The van der Waals surface area contributed by atoms with Crippen LogP contribution < -0.4 is 22.3 Å². The summed E-state index contributed by atoms with van der Waals surface area (Å²) in [4.78, 5) is 0. The number of halogens is 2. The smallest absolute Gasteiger partial charge is 0.320 e. The molecule has 4 nitrogen and oxygen atoms in total. The summed E-state index contributed by atoms with van der Waals surface area (Å²) in [5, 5.41) is 11.1. The molecule has 102 valence electrons. The summed E-state index contributed by atoms with van der Waals surface area (Å²) in [7, 11) is 0. The Labute approximate surface area is 135 Å². The molecule has 0 amide bonds. The second-order valence-corrected chi connectivity index (χ2v) is 4.83. The van der Waals surface area contributed by atoms with Gasteiger partial charge in [0.05, 0.1) is 0 Å². The van der Waals surface area contributed by atoms with Gasteiger partial charge in [-0.2, -0.15) is 0 Å². The van der Waals surface area contributed by atoms with E-state index in [0.29, 0.717) is 11.9 Å². The van der Waals surface area contributed by atoms with Crippen molar-refractivity contribution in [2.75, 3.05) is 5.32 Å². The molecular weight excluding hydrogens is 386 g/mol. The maximum atomic E-state index is 5.57. The van der Waals surface area contributed by atoms with Crippen molar-refractivity contribution in [1.82, 2.24) is 10.2 Å². The summed E-state index contributed by atoms with van der Waals surface area (Å²) in [5.74, 6) is 0.486. The number of hydrogen-bond donors (Lipinski definition) is 1. The van der Waals surface area contributed by atoms with Crippen molar-refractivity contribution < 1.29 is 21.4 Å². The molecular formula is C14H10Br2N3O-. The van der Waals surface area contributed by atoms with Gasteiger partial charge in [0, 0.05) is 15.7 Å². The van der Waals surface area contributed by atoms with E-state index >= 15 is 0 Å². The third-order valence-electron chi connectivity index (χ3n) is 2.52. The van der Waals surface area contributed by atoms with Gasteiger partial charge >= 0.3 is 6.01 Å². The minimum atomic E-state index is 0. The number of para-hydroxylation sites is 1. The van der Waals surface area contributed by atoms with Crippen LogP contribution in [0.15, 0.2) is 63.5 Å². The van der Waals surface area contributed by atoms with Crippen LogP contribution in [0.3, 0.4) is 0 Å². The number of anilines is 2. The fraction of sp³-hybridized carbons (Fsp3) is 0. The van der Waals surface area contributed by atoms with E-state index in [9.17, 15) is 0 Å². The van der Waals surface area contributed by atoms with Crippen LogP contribution in [0.25, 0.3) is 11.5 Å². The molecule has 0 aliphatic carbocycles. The molecule has 0 fully saturated rings. The van der Waals surface area contributed by atoms with Crippen molar-refractivity contribution in [3.63, 3.8) is 0 Å². The summed E-state index contributed by atoms with van der Waals surface area (Å²) < 4.78 is 6.55. The molecule has 0 unspecified atom stereocenters. The highest BCUT2D eigenvalue weighted by atomic mass is 79.9. The Bertz CT molecular complexity index is 686. The van der Waals surface area contributed by atoms with E-state index in [2.05, 4.69) is 31.4 Å². The quantitative estimate of drug-likeness (QED) is 0.725. The number of rotatable bonds is 3. The van der Waals surface area contributed by atoms with E-state index in [1.165, 1.54) is 0 Å². The zero-order chi connectivity index (χ0) is 13.1. The predicted molar refractivity (Wildman–Crippen MR) is 77.2 cm³/mol. The first-order valence-corrected chi connectivity index (χ1v) is 6.52. The van der Waals surface area contributed by atoms with Gasteiger partial charge in [-0.25, -0.2) is 0 Å². The van der Waals surface area contributed by atoms with Crippen molar-refractivity contribution in [2.24, 2.45) is 0 Å². The molecule has 3 rings (SSSR count). The Morgan fingerprint density at radius 2 is 1.75 bits per heavy atom. The van der Waals surface area contributed by atoms with Crippen LogP contribution in [0, 0.1) is 0 Å². The molecule has 0 aliphatic rings. The first-order chi connectivity index (χ1) is 9.31. The molecule has 0 aliphatic heterocycles. The average molecular weight is 396 g/mol. The predicted octanol–water partition coefficient (Wildman–Crippen LogP) is 1.25. The van der Waals surface area contributed by atoms with Crippen molar-refractivity contribution in [2.45, 2.75) is 0 Å². The Balaban J connectivity index is 0.00000147. The zero-order valence-corrected chi connectivity index (χ0v) is 13.4. The molecule has 1 aromatic heterocycles. The normalized spacial score (nSPS) is 9.85. The van der Waals surface area contributed by atoms with Crippen LogP contribution in [0.1, 0.15) is 0 Å². The topological polar surface area (TPSA) is 51.0 Å². The molecule has 3 aromatic rings. The number of aromatic nitrogens is 2. The lowest BCUT2D eigenvalue weighted by Gasteiger charge is -1.99. The van der Waals surface area contributed by atoms with Gasteiger partial charge in [-0.15, -0.1) is 5.10 Å². The van der Waals surface area contributed by atoms with E-state index < -0.39 is 0 Å². The van der Waals surface area contributed by atoms with Gasteiger partial charge in [-0.3, -0.25) is 0 Å². The van der Waals surface area contributed by atoms with E-state index in [4.69, 9.17) is 4.42 Å². The van der Waals surface area contributed by atoms with E-state index in [1.54, 1.807) is 0 Å². The van der Waals surface area contributed by atoms with Gasteiger partial charge in [0.2, 0.25) is 5.89 Å². The highest BCUT2D eigenvalue weighted by molar-refractivity contribution is 9.10. The SMILES string of the molecule is Brc1cccc(-c2nnc(Nc3ccccc3)o2)c1.[Br-]. The molecule has 2 aromatic carbocycles. The molecule has 0 radical (unpaired) electrons. The Kier molecular flexibility index (Phi) is 4.92. The Morgan fingerprint density at radius 3 is 2.50 bits per heavy atom. The van der Waals surface area contributed by atoms with Crippen LogP contribution >= 0.6 is 15.9 Å². The lowest BCUT2D eigenvalue weighted by Crippen LogP contribution is -3.00. The van der Waals surface area contributed by atoms with Gasteiger partial charge in [0.1, 0.15) is 0 Å². The lowest BCUT2D eigenvalue weighted by atomic mass is 10.2. The minimum absolute atomic E-state index is 0. The second-order valence-electron chi connectivity index (χ2n) is 3.91. The average Bonchev–Trinajstić information content (AvgIpc) is 2.88. The van der Waals surface area contributed by atoms with Crippen molar-refractivity contribution in [3.05, 3.63) is 59.1 Å². The highest BCUT2D eigenvalue weighted by Gasteiger charge is 2.08. The standard InChI is InChI=1S/C14H10BrN3O.BrH/c15-11-6-4-5-10(9-11)13-17-18-14(19-13)16-12-7-2-1-3-8-12;/h1-9H,(H,16,18);1H/p-1. The third kappa shape index (κ3) is 3.46. The maximum Gasteiger partial charge on any atom is 0.320 e. The number of benzene rings is 2. The van der Waals surface area contributed by atoms with Gasteiger partial charge in [0.25, 0.3) is 0 Å². The van der Waals surface area contributed by atoms with Crippen molar-refractivity contribution >= 4 is 27.6 Å². The first kappa shape index (κ1) is 14.7. The highest BCUT2D eigenvalue weighted by Crippen LogP contribution is 2.24. The Morgan fingerprint density at radius 1 is 0.950 bits per heavy atom. The number of hydrogen-bond acceptors (Lipinski definition) is 4. The summed E-state index contributed by atoms with van der Waals surface area (Å²) in [6.45, 7) is 0. The van der Waals surface area contributed by atoms with E-state index in [-0.39, 0.29) is 17.0 Å². The fourth-order valence-corrected chi connectivity index (χ4v) is 2.06. The van der Waals surface area contributed by atoms with Crippen LogP contribution in [-0.2, 0) is 0 Å². The van der Waals surface area contributed by atoms with Crippen LogP contribution in [0.5, 0.6) is 0 Å². The first-order valence-electron chi connectivity index (χ1n) is 5.73. The summed E-state index contributed by atoms with van der Waals surface area (Å²) in [6, 6.07) is 17.8. The fourth-order valence-electron chi connectivity index (χ4n) is 1.66. The monoisotopic (exact) mass is 394 g/mol. The summed E-state index contributed by atoms with van der Waals surface area (Å²) >= 11 is 3.41. The van der Waals surface area contributed by atoms with Crippen LogP contribution in [0.2, 0.25) is 0 Å². The Hall–Kier alpha value is -1.66. The molecule has 1 heterocycles. The molecule has 6 heteroatoms. The molecule has 0 atom stereocenters. The second kappa shape index (κ2) is 6.67. The van der Waals surface area contributed by atoms with Crippen molar-refractivity contribution in [3.8, 4) is 11.5 Å². The summed E-state index contributed by atoms with van der Waals surface area (Å²) in [5.41, 5.74) is 1.79. The zero-order valence-electron chi connectivity index (χ0n) is 10.3. The number of nitrogens with zero attached hydrogens (tertiary/aromatic N) is 2. The van der Waals surface area contributed by atoms with Gasteiger partial charge in [-0.1, -0.05) is 45.3 Å². The van der Waals surface area contributed by atoms with Gasteiger partial charge < -0.3 is 26.7 Å². The molecule has 0 bridgehead atoms. The molecule has 0 spiro atoms. The molecule has 20 heavy (non-hydrogen) atoms. The van der Waals surface area contributed by atoms with Gasteiger partial charge in [-0.05, 0) is 30.3 Å². The van der Waals surface area contributed by atoms with E-state index in [0.717, 1.165) is 15.7 Å². The lowest BCUT2D eigenvalue weighted by molar-refractivity contribution is -0.00000434. The maximum absolute atomic E-state index is 5.57. The van der Waals surface area contributed by atoms with E-state index in [1.807, 2.05) is 54.6 Å². The molecule has 0 saturated heterocycles. The van der Waals surface area contributed by atoms with Crippen LogP contribution in [-0.4, -0.2) is 10.2 Å². The summed E-state index contributed by atoms with van der Waals surface area (Å²) in [6.07, 6.45) is 0.